The molecule has 24 heavy (non-hydrogen) atoms. The van der Waals surface area contributed by atoms with E-state index in [2.05, 4.69) is 14.2 Å². The molecule has 0 radical (unpaired) electrons. The van der Waals surface area contributed by atoms with E-state index in [4.69, 9.17) is 0 Å². The normalized spacial score (nSPS) is 10.1. The Hall–Kier alpha value is -3.18. The summed E-state index contributed by atoms with van der Waals surface area (Å²) in [6, 6.07) is 0. The molecule has 0 spiro atoms. The first kappa shape index (κ1) is 18.9. The largest absolute Gasteiger partial charge is 0.449 e. The predicted molar refractivity (Wildman–Crippen MR) is 76.5 cm³/mol. The van der Waals surface area contributed by atoms with Crippen LogP contribution in [0.1, 0.15) is 20.8 Å². The highest BCUT2D eigenvalue weighted by atomic mass is 16.6. The summed E-state index contributed by atoms with van der Waals surface area (Å²) in [6.07, 6.45) is -4.41. The van der Waals surface area contributed by atoms with Gasteiger partial charge in [-0.3, -0.25) is 0 Å². The topological polar surface area (TPSA) is 145 Å². The Morgan fingerprint density at radius 1 is 0.625 bits per heavy atom. The van der Waals surface area contributed by atoms with Crippen molar-refractivity contribution >= 4 is 18.3 Å². The molecule has 0 fully saturated rings. The number of aromatic nitrogens is 3. The zero-order valence-corrected chi connectivity index (χ0v) is 13.1. The average molecular weight is 345 g/mol. The molecule has 0 atom stereocenters. The number of hydrogen-bond acceptors (Lipinski definition) is 9. The molecule has 0 bridgehead atoms. The van der Waals surface area contributed by atoms with Crippen molar-refractivity contribution in [2.24, 2.45) is 0 Å². The molecule has 0 N–H and O–H groups in total. The molecule has 0 aliphatic carbocycles. The van der Waals surface area contributed by atoms with Crippen LogP contribution in [-0.4, -0.2) is 51.8 Å². The van der Waals surface area contributed by atoms with Crippen molar-refractivity contribution in [3.63, 3.8) is 0 Å². The van der Waals surface area contributed by atoms with Crippen molar-refractivity contribution in [1.29, 1.82) is 0 Å². The summed E-state index contributed by atoms with van der Waals surface area (Å²) < 4.78 is 13.0. The summed E-state index contributed by atoms with van der Waals surface area (Å²) in [7, 11) is 0. The average Bonchev–Trinajstić information content (AvgIpc) is 2.47. The summed E-state index contributed by atoms with van der Waals surface area (Å²) in [5.74, 6) is 0. The Kier molecular flexibility index (Phi) is 6.21. The van der Waals surface area contributed by atoms with E-state index in [1.54, 1.807) is 0 Å². The van der Waals surface area contributed by atoms with Crippen LogP contribution in [0.3, 0.4) is 0 Å². The van der Waals surface area contributed by atoms with Crippen molar-refractivity contribution in [2.75, 3.05) is 19.8 Å². The number of rotatable bonds is 3. The van der Waals surface area contributed by atoms with Crippen molar-refractivity contribution in [2.45, 2.75) is 20.8 Å². The van der Waals surface area contributed by atoms with Gasteiger partial charge in [0, 0.05) is 0 Å². The van der Waals surface area contributed by atoms with Crippen molar-refractivity contribution in [1.82, 2.24) is 13.7 Å². The zero-order chi connectivity index (χ0) is 18.4. The molecule has 0 unspecified atom stereocenters. The van der Waals surface area contributed by atoms with E-state index >= 15 is 0 Å². The fraction of sp³-hybridized carbons (Fsp3) is 0.500. The van der Waals surface area contributed by atoms with Gasteiger partial charge in [0.1, 0.15) is 0 Å². The van der Waals surface area contributed by atoms with Crippen LogP contribution >= 0.6 is 0 Å². The summed E-state index contributed by atoms with van der Waals surface area (Å²) in [6.45, 7) is 3.57. The summed E-state index contributed by atoms with van der Waals surface area (Å²) >= 11 is 0. The van der Waals surface area contributed by atoms with Crippen LogP contribution in [0.25, 0.3) is 0 Å². The van der Waals surface area contributed by atoms with Crippen molar-refractivity contribution in [3.05, 3.63) is 31.5 Å². The molecule has 1 aromatic rings. The fourth-order valence-corrected chi connectivity index (χ4v) is 1.58. The Labute approximate surface area is 133 Å². The molecule has 0 aromatic carbocycles. The van der Waals surface area contributed by atoms with E-state index < -0.39 is 35.3 Å². The lowest BCUT2D eigenvalue weighted by Gasteiger charge is -2.11. The second-order valence-electron chi connectivity index (χ2n) is 3.95. The third kappa shape index (κ3) is 3.42. The molecule has 1 aromatic heterocycles. The van der Waals surface area contributed by atoms with Crippen LogP contribution in [0.5, 0.6) is 0 Å². The highest BCUT2D eigenvalue weighted by Gasteiger charge is 2.28. The highest BCUT2D eigenvalue weighted by Crippen LogP contribution is 1.87. The van der Waals surface area contributed by atoms with Gasteiger partial charge in [-0.2, -0.15) is 0 Å². The van der Waals surface area contributed by atoms with Gasteiger partial charge in [-0.1, -0.05) is 0 Å². The molecular formula is C12H15N3O9. The van der Waals surface area contributed by atoms with Crippen LogP contribution < -0.4 is 17.1 Å². The molecule has 0 aliphatic heterocycles. The van der Waals surface area contributed by atoms with Gasteiger partial charge in [0.15, 0.2) is 0 Å². The van der Waals surface area contributed by atoms with Gasteiger partial charge in [-0.15, -0.1) is 13.7 Å². The lowest BCUT2D eigenvalue weighted by Crippen LogP contribution is -2.59. The van der Waals surface area contributed by atoms with E-state index in [1.165, 1.54) is 20.8 Å². The highest BCUT2D eigenvalue weighted by molar-refractivity contribution is 5.75. The predicted octanol–water partition coefficient (Wildman–Crippen LogP) is -0.814. The number of carbonyl (C=O) groups is 3. The second-order valence-corrected chi connectivity index (χ2v) is 3.95. The monoisotopic (exact) mass is 345 g/mol. The van der Waals surface area contributed by atoms with Crippen LogP contribution in [0.4, 0.5) is 14.4 Å². The Bertz CT molecular complexity index is 690. The molecule has 132 valence electrons. The second kappa shape index (κ2) is 7.89. The van der Waals surface area contributed by atoms with Crippen LogP contribution in [0.15, 0.2) is 14.4 Å². The minimum absolute atomic E-state index is 0.182. The van der Waals surface area contributed by atoms with Crippen LogP contribution in [0, 0.1) is 0 Å². The first-order valence-electron chi connectivity index (χ1n) is 6.84. The fourth-order valence-electron chi connectivity index (χ4n) is 1.58. The van der Waals surface area contributed by atoms with Gasteiger partial charge in [-0.25, -0.2) is 28.8 Å². The van der Waals surface area contributed by atoms with Gasteiger partial charge in [0.05, 0.1) is 19.8 Å². The number of carbonyl (C=O) groups excluding carboxylic acids is 3. The number of ether oxygens (including phenoxy) is 3. The maximum absolute atomic E-state index is 12.1. The van der Waals surface area contributed by atoms with E-state index in [0.29, 0.717) is 0 Å². The van der Waals surface area contributed by atoms with Crippen LogP contribution in [-0.2, 0) is 14.2 Å². The standard InChI is InChI=1S/C12H15N3O9/c1-4-22-10(19)13-7(16)14(11(20)23-5-2)9(18)15(8(13)17)12(21)24-6-3/h4-6H2,1-3H3. The molecular weight excluding hydrogens is 330 g/mol. The number of hydrogen-bond donors (Lipinski definition) is 0. The van der Waals surface area contributed by atoms with Gasteiger partial charge < -0.3 is 14.2 Å². The minimum Gasteiger partial charge on any atom is -0.449 e. The van der Waals surface area contributed by atoms with Crippen molar-refractivity contribution < 1.29 is 28.6 Å². The Morgan fingerprint density at radius 3 is 1.00 bits per heavy atom. The third-order valence-corrected chi connectivity index (χ3v) is 2.50. The smallest absolute Gasteiger partial charge is 0.426 e. The first-order valence-corrected chi connectivity index (χ1v) is 6.84. The zero-order valence-electron chi connectivity index (χ0n) is 13.1. The SMILES string of the molecule is CCOC(=O)n1c(=O)n(C(=O)OCC)c(=O)n(C(=O)OCC)c1=O. The van der Waals surface area contributed by atoms with Gasteiger partial charge in [-0.05, 0) is 20.8 Å². The molecule has 0 saturated carbocycles. The van der Waals surface area contributed by atoms with E-state index in [9.17, 15) is 28.8 Å². The molecule has 12 heteroatoms. The third-order valence-electron chi connectivity index (χ3n) is 2.50. The van der Waals surface area contributed by atoms with Gasteiger partial charge in [0.2, 0.25) is 0 Å². The molecule has 0 aliphatic rings. The van der Waals surface area contributed by atoms with Gasteiger partial charge in [0.25, 0.3) is 0 Å². The van der Waals surface area contributed by atoms with Crippen molar-refractivity contribution in [3.8, 4) is 0 Å². The summed E-state index contributed by atoms with van der Waals surface area (Å²) in [5, 5.41) is 0. The Balaban J connectivity index is 3.85. The van der Waals surface area contributed by atoms with E-state index in [0.717, 1.165) is 0 Å². The summed E-state index contributed by atoms with van der Waals surface area (Å²) in [4.78, 5) is 71.7. The molecule has 0 saturated heterocycles. The lowest BCUT2D eigenvalue weighted by atomic mass is 10.7. The Morgan fingerprint density at radius 2 is 0.833 bits per heavy atom. The molecule has 0 amide bonds. The molecule has 1 rings (SSSR count). The number of nitrogens with zero attached hydrogens (tertiary/aromatic N) is 3. The van der Waals surface area contributed by atoms with E-state index in [1.807, 2.05) is 0 Å². The van der Waals surface area contributed by atoms with E-state index in [-0.39, 0.29) is 33.5 Å². The first-order chi connectivity index (χ1) is 11.3. The molecule has 1 heterocycles. The van der Waals surface area contributed by atoms with Gasteiger partial charge >= 0.3 is 35.3 Å². The summed E-state index contributed by atoms with van der Waals surface area (Å²) in [5.41, 5.74) is -4.87. The quantitative estimate of drug-likeness (QED) is 0.642. The van der Waals surface area contributed by atoms with Crippen LogP contribution in [0.2, 0.25) is 0 Å². The maximum atomic E-state index is 12.1. The minimum atomic E-state index is -1.62. The molecule has 12 nitrogen and oxygen atoms in total. The lowest BCUT2D eigenvalue weighted by molar-refractivity contribution is 0.138. The maximum Gasteiger partial charge on any atom is 0.426 e.